The normalized spacial score (nSPS) is 15.2. The fourth-order valence-electron chi connectivity index (χ4n) is 7.08. The van der Waals surface area contributed by atoms with Crippen molar-refractivity contribution in [2.75, 3.05) is 18.4 Å². The number of rotatable bonds is 9. The lowest BCUT2D eigenvalue weighted by atomic mass is 9.89. The molecule has 1 aromatic heterocycles. The molecule has 3 N–H and O–H groups in total. The minimum atomic E-state index is -0.239. The van der Waals surface area contributed by atoms with Gasteiger partial charge < -0.3 is 15.6 Å². The number of nitrogens with zero attached hydrogens (tertiary/aromatic N) is 1. The number of aromatic nitrogens is 2. The first-order chi connectivity index (χ1) is 21.6. The monoisotopic (exact) mass is 584 g/mol. The summed E-state index contributed by atoms with van der Waals surface area (Å²) in [5.41, 5.74) is 12.9. The van der Waals surface area contributed by atoms with Crippen LogP contribution in [0, 0.1) is 11.7 Å². The van der Waals surface area contributed by atoms with Gasteiger partial charge >= 0.3 is 0 Å². The molecule has 4 nitrogen and oxygen atoms in total. The topological polar surface area (TPSA) is 52.7 Å². The van der Waals surface area contributed by atoms with Gasteiger partial charge in [-0.15, -0.1) is 0 Å². The highest BCUT2D eigenvalue weighted by Crippen LogP contribution is 2.40. The number of benzene rings is 4. The predicted molar refractivity (Wildman–Crippen MR) is 181 cm³/mol. The summed E-state index contributed by atoms with van der Waals surface area (Å²) in [5.74, 6) is 1.42. The number of aromatic amines is 1. The largest absolute Gasteiger partial charge is 0.381 e. The third-order valence-corrected chi connectivity index (χ3v) is 9.51. The van der Waals surface area contributed by atoms with Gasteiger partial charge in [-0.2, -0.15) is 0 Å². The van der Waals surface area contributed by atoms with Crippen LogP contribution >= 0.6 is 0 Å². The Hall–Kier alpha value is -4.22. The number of imidazole rings is 1. The van der Waals surface area contributed by atoms with Crippen LogP contribution in [-0.2, 0) is 13.0 Å². The van der Waals surface area contributed by atoms with E-state index in [1.807, 2.05) is 30.3 Å². The van der Waals surface area contributed by atoms with E-state index in [-0.39, 0.29) is 5.82 Å². The number of nitrogens with one attached hydrogen (secondary N) is 3. The molecule has 1 fully saturated rings. The second kappa shape index (κ2) is 12.4. The number of H-pyrrole nitrogens is 1. The maximum Gasteiger partial charge on any atom is 0.139 e. The van der Waals surface area contributed by atoms with Crippen molar-refractivity contribution in [3.8, 4) is 22.3 Å². The molecule has 1 aliphatic heterocycles. The zero-order chi connectivity index (χ0) is 30.0. The SMILES string of the molecule is CCC1=C(c2nc3c(-c4ccccc4F)cccc3[nH]2)c2cc(-c3cc(CC)cc(CNCC4CCCC4)c3)ccc2NC1. The van der Waals surface area contributed by atoms with Crippen LogP contribution in [0.15, 0.2) is 84.4 Å². The fourth-order valence-corrected chi connectivity index (χ4v) is 7.08. The van der Waals surface area contributed by atoms with Crippen molar-refractivity contribution in [2.45, 2.75) is 58.9 Å². The highest BCUT2D eigenvalue weighted by atomic mass is 19.1. The maximum absolute atomic E-state index is 14.8. The Morgan fingerprint density at radius 3 is 2.45 bits per heavy atom. The predicted octanol–water partition coefficient (Wildman–Crippen LogP) is 9.52. The Morgan fingerprint density at radius 1 is 0.818 bits per heavy atom. The Bertz CT molecular complexity index is 1840. The number of hydrogen-bond acceptors (Lipinski definition) is 3. The molecule has 0 radical (unpaired) electrons. The molecule has 5 aromatic rings. The van der Waals surface area contributed by atoms with Gasteiger partial charge in [0.2, 0.25) is 0 Å². The van der Waals surface area contributed by atoms with Crippen molar-refractivity contribution in [1.82, 2.24) is 15.3 Å². The molecule has 2 heterocycles. The van der Waals surface area contributed by atoms with Gasteiger partial charge in [0.1, 0.15) is 11.6 Å². The van der Waals surface area contributed by atoms with Crippen LogP contribution in [0.5, 0.6) is 0 Å². The van der Waals surface area contributed by atoms with Crippen LogP contribution in [0.2, 0.25) is 0 Å². The molecule has 4 aromatic carbocycles. The smallest absolute Gasteiger partial charge is 0.139 e. The third kappa shape index (κ3) is 5.57. The molecule has 7 rings (SSSR count). The average molecular weight is 585 g/mol. The molecule has 1 saturated carbocycles. The fraction of sp³-hybridized carbons (Fsp3) is 0.308. The first-order valence-corrected chi connectivity index (χ1v) is 16.3. The molecule has 2 aliphatic rings. The number of fused-ring (bicyclic) bond motifs is 2. The molecule has 44 heavy (non-hydrogen) atoms. The Labute approximate surface area is 259 Å². The van der Waals surface area contributed by atoms with Crippen molar-refractivity contribution in [3.05, 3.63) is 113 Å². The number of para-hydroxylation sites is 1. The second-order valence-corrected chi connectivity index (χ2v) is 12.4. The van der Waals surface area contributed by atoms with Gasteiger partial charge in [-0.1, -0.05) is 75.2 Å². The summed E-state index contributed by atoms with van der Waals surface area (Å²) in [4.78, 5) is 8.75. The lowest BCUT2D eigenvalue weighted by molar-refractivity contribution is 0.489. The second-order valence-electron chi connectivity index (χ2n) is 12.4. The summed E-state index contributed by atoms with van der Waals surface area (Å²) >= 11 is 0. The summed E-state index contributed by atoms with van der Waals surface area (Å²) < 4.78 is 14.8. The van der Waals surface area contributed by atoms with Crippen LogP contribution in [0.25, 0.3) is 38.9 Å². The summed E-state index contributed by atoms with van der Waals surface area (Å²) in [7, 11) is 0. The van der Waals surface area contributed by atoms with Crippen LogP contribution < -0.4 is 10.6 Å². The molecule has 0 unspecified atom stereocenters. The Morgan fingerprint density at radius 2 is 1.64 bits per heavy atom. The van der Waals surface area contributed by atoms with Crippen LogP contribution in [0.3, 0.4) is 0 Å². The van der Waals surface area contributed by atoms with E-state index in [9.17, 15) is 4.39 Å². The van der Waals surface area contributed by atoms with Gasteiger partial charge in [0.05, 0.1) is 11.0 Å². The molecule has 0 bridgehead atoms. The average Bonchev–Trinajstić information content (AvgIpc) is 3.74. The number of halogens is 1. The molecule has 1 aliphatic carbocycles. The minimum Gasteiger partial charge on any atom is -0.381 e. The van der Waals surface area contributed by atoms with E-state index in [1.165, 1.54) is 59.6 Å². The van der Waals surface area contributed by atoms with Crippen molar-refractivity contribution in [2.24, 2.45) is 5.92 Å². The number of anilines is 1. The van der Waals surface area contributed by atoms with Crippen molar-refractivity contribution < 1.29 is 4.39 Å². The van der Waals surface area contributed by atoms with Gasteiger partial charge in [-0.3, -0.25) is 0 Å². The highest BCUT2D eigenvalue weighted by molar-refractivity contribution is 5.97. The molecule has 0 atom stereocenters. The van der Waals surface area contributed by atoms with Crippen LogP contribution in [-0.4, -0.2) is 23.1 Å². The van der Waals surface area contributed by atoms with Crippen molar-refractivity contribution in [1.29, 1.82) is 0 Å². The zero-order valence-corrected chi connectivity index (χ0v) is 25.8. The van der Waals surface area contributed by atoms with Crippen LogP contribution in [0.1, 0.15) is 68.5 Å². The van der Waals surface area contributed by atoms with E-state index in [0.717, 1.165) is 77.6 Å². The van der Waals surface area contributed by atoms with Gasteiger partial charge in [0.15, 0.2) is 0 Å². The van der Waals surface area contributed by atoms with E-state index in [4.69, 9.17) is 4.98 Å². The van der Waals surface area contributed by atoms with E-state index < -0.39 is 0 Å². The van der Waals surface area contributed by atoms with Crippen molar-refractivity contribution >= 4 is 22.3 Å². The molecule has 0 spiro atoms. The summed E-state index contributed by atoms with van der Waals surface area (Å²) in [6.45, 7) is 7.22. The molecular weight excluding hydrogens is 543 g/mol. The van der Waals surface area contributed by atoms with Gasteiger partial charge in [-0.25, -0.2) is 9.37 Å². The van der Waals surface area contributed by atoms with Gasteiger partial charge in [0.25, 0.3) is 0 Å². The molecule has 0 amide bonds. The molecule has 0 saturated heterocycles. The first-order valence-electron chi connectivity index (χ1n) is 16.3. The highest BCUT2D eigenvalue weighted by Gasteiger charge is 2.24. The van der Waals surface area contributed by atoms with E-state index >= 15 is 0 Å². The van der Waals surface area contributed by atoms with E-state index in [2.05, 4.69) is 65.9 Å². The van der Waals surface area contributed by atoms with Crippen molar-refractivity contribution in [3.63, 3.8) is 0 Å². The minimum absolute atomic E-state index is 0.239. The molecule has 5 heteroatoms. The Balaban J connectivity index is 1.27. The lowest BCUT2D eigenvalue weighted by Crippen LogP contribution is -2.20. The Kier molecular flexibility index (Phi) is 8.05. The van der Waals surface area contributed by atoms with Gasteiger partial charge in [-0.05, 0) is 96.3 Å². The summed E-state index contributed by atoms with van der Waals surface area (Å²) in [6.07, 6.45) is 7.40. The van der Waals surface area contributed by atoms with E-state index in [0.29, 0.717) is 5.56 Å². The molecular formula is C39H41FN4. The third-order valence-electron chi connectivity index (χ3n) is 9.51. The number of hydrogen-bond donors (Lipinski definition) is 3. The molecule has 224 valence electrons. The lowest BCUT2D eigenvalue weighted by Gasteiger charge is -2.24. The standard InChI is InChI=1S/C39H41FN4/c1-3-25-18-27(23-41-22-26-10-5-6-11-26)20-30(19-25)29-16-17-35-33(21-29)37(28(4-2)24-42-35)39-43-36-15-9-13-32(38(36)44-39)31-12-7-8-14-34(31)40/h7-9,12-21,26,41-42H,3-6,10-11,22-24H2,1-2H3,(H,43,44). The van der Waals surface area contributed by atoms with E-state index in [1.54, 1.807) is 6.07 Å². The van der Waals surface area contributed by atoms with Gasteiger partial charge in [0, 0.05) is 41.0 Å². The van der Waals surface area contributed by atoms with Crippen LogP contribution in [0.4, 0.5) is 10.1 Å². The number of aryl methyl sites for hydroxylation is 1. The summed E-state index contributed by atoms with van der Waals surface area (Å²) in [6, 6.07) is 26.7. The first kappa shape index (κ1) is 28.5. The quantitative estimate of drug-likeness (QED) is 0.162. The summed E-state index contributed by atoms with van der Waals surface area (Å²) in [5, 5.41) is 7.39. The zero-order valence-electron chi connectivity index (χ0n) is 25.8. The maximum atomic E-state index is 14.8.